The number of halogens is 1. The first-order valence-corrected chi connectivity index (χ1v) is 14.3. The van der Waals surface area contributed by atoms with E-state index in [-0.39, 0.29) is 17.5 Å². The zero-order valence-electron chi connectivity index (χ0n) is 22.5. The Labute approximate surface area is 232 Å². The number of aromatic amines is 1. The van der Waals surface area contributed by atoms with E-state index in [4.69, 9.17) is 0 Å². The van der Waals surface area contributed by atoms with Crippen LogP contribution < -0.4 is 21.1 Å². The molecule has 1 aliphatic heterocycles. The monoisotopic (exact) mass is 542 g/mol. The van der Waals surface area contributed by atoms with Gasteiger partial charge in [0.2, 0.25) is 0 Å². The number of rotatable bonds is 7. The molecule has 208 valence electrons. The Bertz CT molecular complexity index is 1530. The van der Waals surface area contributed by atoms with E-state index < -0.39 is 0 Å². The second-order valence-electron chi connectivity index (χ2n) is 10.9. The topological polar surface area (TPSA) is 106 Å². The Hall–Kier alpha value is -3.98. The lowest BCUT2D eigenvalue weighted by molar-refractivity contribution is 0.145. The van der Waals surface area contributed by atoms with Crippen LogP contribution in [-0.2, 0) is 0 Å². The summed E-state index contributed by atoms with van der Waals surface area (Å²) < 4.78 is 15.4. The van der Waals surface area contributed by atoms with Crippen LogP contribution >= 0.6 is 0 Å². The van der Waals surface area contributed by atoms with E-state index in [1.165, 1.54) is 38.2 Å². The molecule has 1 aromatic carbocycles. The standard InChI is InChI=1S/C31H35FN6O2/c32-25-16-21(34-18-20-4-2-1-3-5-20)6-8-24(25)27-17-28(30-26(36-27)10-13-33-31(30)40)37-29-9-7-22(19-35-29)38-14-11-23(39)12-15-38/h6-10,13,16-17,19-20,23,34,39H,1-5,11-12,14-15,18H2,(H,33,40)(H,35,36,37). The van der Waals surface area contributed by atoms with Crippen LogP contribution in [0.5, 0.6) is 0 Å². The SMILES string of the molecule is O=c1[nH]ccc2nc(-c3ccc(NCC4CCCCC4)cc3F)cc(Nc3ccc(N4CCC(O)CC4)cn3)c12. The molecule has 1 aliphatic carbocycles. The quantitative estimate of drug-likeness (QED) is 0.233. The number of H-pyrrole nitrogens is 1. The number of benzene rings is 1. The van der Waals surface area contributed by atoms with Gasteiger partial charge in [0.25, 0.3) is 5.56 Å². The van der Waals surface area contributed by atoms with Crippen LogP contribution in [0.4, 0.5) is 27.3 Å². The van der Waals surface area contributed by atoms with Gasteiger partial charge in [-0.2, -0.15) is 0 Å². The first-order chi connectivity index (χ1) is 19.5. The van der Waals surface area contributed by atoms with Gasteiger partial charge in [0, 0.05) is 37.1 Å². The minimum absolute atomic E-state index is 0.240. The molecule has 0 unspecified atom stereocenters. The van der Waals surface area contributed by atoms with Gasteiger partial charge in [0.1, 0.15) is 11.6 Å². The number of nitrogens with one attached hydrogen (secondary N) is 3. The van der Waals surface area contributed by atoms with Crippen molar-refractivity contribution in [3.63, 3.8) is 0 Å². The number of aromatic nitrogens is 3. The highest BCUT2D eigenvalue weighted by molar-refractivity contribution is 5.94. The van der Waals surface area contributed by atoms with Crippen molar-refractivity contribution < 1.29 is 9.50 Å². The van der Waals surface area contributed by atoms with Gasteiger partial charge >= 0.3 is 0 Å². The fraction of sp³-hybridized carbons (Fsp3) is 0.387. The fourth-order valence-electron chi connectivity index (χ4n) is 5.82. The molecule has 0 atom stereocenters. The fourth-order valence-corrected chi connectivity index (χ4v) is 5.82. The predicted molar refractivity (Wildman–Crippen MR) is 158 cm³/mol. The maximum Gasteiger partial charge on any atom is 0.259 e. The van der Waals surface area contributed by atoms with Gasteiger partial charge < -0.3 is 25.6 Å². The molecule has 4 N–H and O–H groups in total. The molecule has 40 heavy (non-hydrogen) atoms. The normalized spacial score (nSPS) is 16.8. The van der Waals surface area contributed by atoms with Crippen LogP contribution in [0, 0.1) is 11.7 Å². The van der Waals surface area contributed by atoms with Crippen molar-refractivity contribution in [2.45, 2.75) is 51.0 Å². The molecule has 8 nitrogen and oxygen atoms in total. The molecule has 0 radical (unpaired) electrons. The van der Waals surface area contributed by atoms with Crippen molar-refractivity contribution in [2.75, 3.05) is 35.2 Å². The lowest BCUT2D eigenvalue weighted by Gasteiger charge is -2.31. The maximum absolute atomic E-state index is 15.4. The molecular weight excluding hydrogens is 507 g/mol. The van der Waals surface area contributed by atoms with Crippen molar-refractivity contribution in [2.24, 2.45) is 5.92 Å². The summed E-state index contributed by atoms with van der Waals surface area (Å²) in [4.78, 5) is 26.9. The Morgan fingerprint density at radius 1 is 1.02 bits per heavy atom. The average molecular weight is 543 g/mol. The van der Waals surface area contributed by atoms with Gasteiger partial charge in [0.15, 0.2) is 0 Å². The lowest BCUT2D eigenvalue weighted by atomic mass is 9.89. The largest absolute Gasteiger partial charge is 0.393 e. The van der Waals surface area contributed by atoms with E-state index in [1.54, 1.807) is 30.6 Å². The predicted octanol–water partition coefficient (Wildman–Crippen LogP) is 5.82. The summed E-state index contributed by atoms with van der Waals surface area (Å²) in [6.45, 7) is 2.42. The van der Waals surface area contributed by atoms with Crippen LogP contribution in [0.1, 0.15) is 44.9 Å². The minimum Gasteiger partial charge on any atom is -0.393 e. The van der Waals surface area contributed by atoms with Crippen LogP contribution in [0.3, 0.4) is 0 Å². The average Bonchev–Trinajstić information content (AvgIpc) is 2.97. The zero-order valence-corrected chi connectivity index (χ0v) is 22.5. The highest BCUT2D eigenvalue weighted by atomic mass is 19.1. The van der Waals surface area contributed by atoms with E-state index in [2.05, 4.69) is 30.5 Å². The van der Waals surface area contributed by atoms with Gasteiger partial charge in [0.05, 0.1) is 40.3 Å². The maximum atomic E-state index is 15.4. The van der Waals surface area contributed by atoms with Crippen LogP contribution in [-0.4, -0.2) is 45.8 Å². The molecule has 2 fully saturated rings. The summed E-state index contributed by atoms with van der Waals surface area (Å²) in [7, 11) is 0. The smallest absolute Gasteiger partial charge is 0.259 e. The highest BCUT2D eigenvalue weighted by Crippen LogP contribution is 2.32. The van der Waals surface area contributed by atoms with Crippen LogP contribution in [0.25, 0.3) is 22.2 Å². The van der Waals surface area contributed by atoms with E-state index in [1.807, 2.05) is 18.2 Å². The van der Waals surface area contributed by atoms with Crippen molar-refractivity contribution in [3.05, 3.63) is 71.0 Å². The summed E-state index contributed by atoms with van der Waals surface area (Å²) in [5.74, 6) is 0.830. The third-order valence-electron chi connectivity index (χ3n) is 8.14. The van der Waals surface area contributed by atoms with Crippen molar-refractivity contribution >= 4 is 33.8 Å². The Morgan fingerprint density at radius 2 is 1.85 bits per heavy atom. The van der Waals surface area contributed by atoms with Gasteiger partial charge in [-0.15, -0.1) is 0 Å². The van der Waals surface area contributed by atoms with E-state index in [9.17, 15) is 9.90 Å². The lowest BCUT2D eigenvalue weighted by Crippen LogP contribution is -2.35. The van der Waals surface area contributed by atoms with E-state index >= 15 is 4.39 Å². The summed E-state index contributed by atoms with van der Waals surface area (Å²) in [6.07, 6.45) is 10.9. The van der Waals surface area contributed by atoms with E-state index in [0.717, 1.165) is 43.9 Å². The summed E-state index contributed by atoms with van der Waals surface area (Å²) in [6, 6.07) is 12.4. The summed E-state index contributed by atoms with van der Waals surface area (Å²) in [5.41, 5.74) is 3.22. The van der Waals surface area contributed by atoms with Gasteiger partial charge in [-0.1, -0.05) is 19.3 Å². The van der Waals surface area contributed by atoms with Gasteiger partial charge in [-0.3, -0.25) is 4.79 Å². The molecule has 3 aromatic heterocycles. The number of hydrogen-bond donors (Lipinski definition) is 4. The molecular formula is C31H35FN6O2. The third-order valence-corrected chi connectivity index (χ3v) is 8.14. The molecule has 6 rings (SSSR count). The van der Waals surface area contributed by atoms with Crippen LogP contribution in [0.15, 0.2) is 59.7 Å². The van der Waals surface area contributed by atoms with Crippen LogP contribution in [0.2, 0.25) is 0 Å². The first kappa shape index (κ1) is 26.3. The zero-order chi connectivity index (χ0) is 27.5. The molecule has 2 aliphatic rings. The second kappa shape index (κ2) is 11.6. The molecule has 9 heteroatoms. The minimum atomic E-state index is -0.370. The number of aliphatic hydroxyl groups is 1. The second-order valence-corrected chi connectivity index (χ2v) is 10.9. The number of anilines is 4. The third kappa shape index (κ3) is 5.79. The van der Waals surface area contributed by atoms with Gasteiger partial charge in [-0.05, 0) is 74.1 Å². The number of fused-ring (bicyclic) bond motifs is 1. The van der Waals surface area contributed by atoms with Crippen molar-refractivity contribution in [3.8, 4) is 11.3 Å². The molecule has 0 spiro atoms. The molecule has 1 saturated heterocycles. The molecule has 0 amide bonds. The van der Waals surface area contributed by atoms with Crippen molar-refractivity contribution in [1.82, 2.24) is 15.0 Å². The molecule has 0 bridgehead atoms. The first-order valence-electron chi connectivity index (χ1n) is 14.3. The molecule has 4 heterocycles. The summed E-state index contributed by atoms with van der Waals surface area (Å²) in [5, 5.41) is 16.8. The number of hydrogen-bond acceptors (Lipinski definition) is 7. The van der Waals surface area contributed by atoms with Crippen molar-refractivity contribution in [1.29, 1.82) is 0 Å². The number of piperidine rings is 1. The number of nitrogens with zero attached hydrogens (tertiary/aromatic N) is 3. The number of aliphatic hydroxyl groups excluding tert-OH is 1. The highest BCUT2D eigenvalue weighted by Gasteiger charge is 2.19. The Kier molecular flexibility index (Phi) is 7.64. The Balaban J connectivity index is 1.26. The molecule has 1 saturated carbocycles. The van der Waals surface area contributed by atoms with E-state index in [0.29, 0.717) is 39.6 Å². The summed E-state index contributed by atoms with van der Waals surface area (Å²) >= 11 is 0. The van der Waals surface area contributed by atoms with Gasteiger partial charge in [-0.25, -0.2) is 14.4 Å². The number of pyridine rings is 3. The Morgan fingerprint density at radius 3 is 2.60 bits per heavy atom. The molecule has 4 aromatic rings.